The number of phosphoric ester groups is 1. The zero-order valence-electron chi connectivity index (χ0n) is 9.22. The van der Waals surface area contributed by atoms with E-state index >= 15 is 0 Å². The lowest BCUT2D eigenvalue weighted by Gasteiger charge is -2.11. The molecule has 0 saturated heterocycles. The highest BCUT2D eigenvalue weighted by Gasteiger charge is 2.31. The van der Waals surface area contributed by atoms with E-state index in [1.54, 1.807) is 6.92 Å². The van der Waals surface area contributed by atoms with Crippen LogP contribution in [0.5, 0.6) is 0 Å². The van der Waals surface area contributed by atoms with Crippen LogP contribution < -0.4 is 12.3 Å². The Morgan fingerprint density at radius 3 is 2.12 bits per heavy atom. The molecule has 9 nitrogen and oxygen atoms in total. The fourth-order valence-corrected chi connectivity index (χ4v) is 2.15. The minimum Gasteiger partial charge on any atom is -0.344 e. The van der Waals surface area contributed by atoms with Gasteiger partial charge in [0.2, 0.25) is 0 Å². The van der Waals surface area contributed by atoms with Crippen LogP contribution in [-0.2, 0) is 18.0 Å². The number of thiol groups is 1. The second kappa shape index (κ2) is 9.23. The molecule has 12 heteroatoms. The van der Waals surface area contributed by atoms with Gasteiger partial charge in [-0.1, -0.05) is 11.6 Å². The largest absolute Gasteiger partial charge is 0.481 e. The summed E-state index contributed by atoms with van der Waals surface area (Å²) in [6.07, 6.45) is 1.44. The molecule has 1 unspecified atom stereocenters. The monoisotopic (exact) mass is 312 g/mol. The van der Waals surface area contributed by atoms with Gasteiger partial charge in [-0.3, -0.25) is 4.52 Å². The van der Waals surface area contributed by atoms with Crippen molar-refractivity contribution in [1.29, 1.82) is 0 Å². The van der Waals surface area contributed by atoms with Crippen molar-refractivity contribution >= 4 is 28.3 Å². The summed E-state index contributed by atoms with van der Waals surface area (Å²) in [5.74, 6) is 0.443. The van der Waals surface area contributed by atoms with Crippen molar-refractivity contribution in [2.75, 3.05) is 12.4 Å². The topological polar surface area (TPSA) is 183 Å². The fourth-order valence-electron chi connectivity index (χ4n) is 0.496. The van der Waals surface area contributed by atoms with E-state index in [0.717, 1.165) is 5.57 Å². The summed E-state index contributed by atoms with van der Waals surface area (Å²) >= 11 is 3.92. The molecule has 0 heterocycles. The van der Waals surface area contributed by atoms with Crippen LogP contribution in [0, 0.1) is 0 Å². The molecule has 0 aliphatic heterocycles. The minimum atomic E-state index is -5.03. The fraction of sp³-hybridized carbons (Fsp3) is 0.600. The van der Waals surface area contributed by atoms with Crippen LogP contribution >= 0.6 is 28.3 Å². The van der Waals surface area contributed by atoms with Crippen molar-refractivity contribution in [2.45, 2.75) is 6.92 Å². The molecule has 0 radical (unpaired) electrons. The Hall–Kier alpha value is 0.270. The summed E-state index contributed by atoms with van der Waals surface area (Å²) in [5, 5.41) is 0. The zero-order valence-corrected chi connectivity index (χ0v) is 11.9. The van der Waals surface area contributed by atoms with E-state index in [1.807, 2.05) is 0 Å². The van der Waals surface area contributed by atoms with Crippen LogP contribution in [0.3, 0.4) is 0 Å². The Morgan fingerprint density at radius 1 is 1.29 bits per heavy atom. The van der Waals surface area contributed by atoms with E-state index in [2.05, 4.69) is 21.5 Å². The molecular formula is C5H18N2O7P2S. The Kier molecular flexibility index (Phi) is 12.2. The molecule has 0 saturated carbocycles. The summed E-state index contributed by atoms with van der Waals surface area (Å²) in [6.45, 7) is 1.42. The number of phosphoric acid groups is 2. The lowest BCUT2D eigenvalue weighted by molar-refractivity contribution is 0.191. The summed E-state index contributed by atoms with van der Waals surface area (Å²) in [4.78, 5) is 25.3. The molecule has 0 fully saturated rings. The lowest BCUT2D eigenvalue weighted by atomic mass is 10.3. The lowest BCUT2D eigenvalue weighted by Crippen LogP contribution is -1.94. The SMILES string of the molecule is C/C(=C\COP(=O)(O)OP(=O)(O)O)CS.N.N. The third-order valence-electron chi connectivity index (χ3n) is 1.13. The normalized spacial score (nSPS) is 15.5. The zero-order chi connectivity index (χ0) is 12.1. The van der Waals surface area contributed by atoms with Crippen LogP contribution in [0.2, 0.25) is 0 Å². The van der Waals surface area contributed by atoms with Crippen LogP contribution in [0.4, 0.5) is 0 Å². The van der Waals surface area contributed by atoms with Gasteiger partial charge in [-0.25, -0.2) is 9.13 Å². The molecule has 17 heavy (non-hydrogen) atoms. The maximum Gasteiger partial charge on any atom is 0.481 e. The highest BCUT2D eigenvalue weighted by Crippen LogP contribution is 2.57. The van der Waals surface area contributed by atoms with Crippen LogP contribution in [0.1, 0.15) is 6.92 Å². The van der Waals surface area contributed by atoms with Gasteiger partial charge < -0.3 is 27.0 Å². The van der Waals surface area contributed by atoms with Gasteiger partial charge in [0.25, 0.3) is 0 Å². The number of hydrogen-bond donors (Lipinski definition) is 6. The van der Waals surface area contributed by atoms with Gasteiger partial charge in [-0.05, 0) is 6.92 Å². The standard InChI is InChI=1S/C5H12O7P2S.2H3N/c1-5(4-15)2-3-11-14(9,10)12-13(6,7)8;;/h2,15H,3-4H2,1H3,(H,9,10)(H2,6,7,8);2*1H3/b5-2+;;. The van der Waals surface area contributed by atoms with Crippen molar-refractivity contribution < 1.29 is 32.6 Å². The Labute approximate surface area is 105 Å². The van der Waals surface area contributed by atoms with Crippen molar-refractivity contribution in [1.82, 2.24) is 12.3 Å². The maximum atomic E-state index is 10.9. The molecule has 0 rings (SSSR count). The third kappa shape index (κ3) is 14.2. The van der Waals surface area contributed by atoms with E-state index in [-0.39, 0.29) is 18.9 Å². The van der Waals surface area contributed by atoms with Crippen LogP contribution in [0.25, 0.3) is 0 Å². The third-order valence-corrected chi connectivity index (χ3v) is 3.78. The second-order valence-electron chi connectivity index (χ2n) is 2.55. The molecule has 9 N–H and O–H groups in total. The molecule has 106 valence electrons. The quantitative estimate of drug-likeness (QED) is 0.240. The summed E-state index contributed by atoms with van der Waals surface area (Å²) in [6, 6.07) is 0. The maximum absolute atomic E-state index is 10.9. The molecular weight excluding hydrogens is 294 g/mol. The number of hydrogen-bond acceptors (Lipinski definition) is 7. The molecule has 0 aromatic carbocycles. The average Bonchev–Trinajstić information content (AvgIpc) is 1.98. The average molecular weight is 312 g/mol. The first-order chi connectivity index (χ1) is 6.66. The van der Waals surface area contributed by atoms with Gasteiger partial charge in [0.1, 0.15) is 0 Å². The van der Waals surface area contributed by atoms with Gasteiger partial charge in [-0.15, -0.1) is 0 Å². The van der Waals surface area contributed by atoms with Crippen molar-refractivity contribution in [3.05, 3.63) is 11.6 Å². The van der Waals surface area contributed by atoms with Gasteiger partial charge in [0.15, 0.2) is 0 Å². The first-order valence-electron chi connectivity index (χ1n) is 3.67. The first-order valence-corrected chi connectivity index (χ1v) is 7.33. The predicted octanol–water partition coefficient (Wildman–Crippen LogP) is 1.41. The Balaban J connectivity index is -0.000000980. The Morgan fingerprint density at radius 2 is 1.76 bits per heavy atom. The molecule has 0 aromatic rings. The van der Waals surface area contributed by atoms with E-state index < -0.39 is 15.6 Å². The first kappa shape index (κ1) is 22.5. The molecule has 0 spiro atoms. The van der Waals surface area contributed by atoms with Gasteiger partial charge >= 0.3 is 15.6 Å². The highest BCUT2D eigenvalue weighted by atomic mass is 32.1. The van der Waals surface area contributed by atoms with E-state index in [4.69, 9.17) is 14.7 Å². The Bertz CT molecular complexity index is 330. The van der Waals surface area contributed by atoms with Gasteiger partial charge in [-0.2, -0.15) is 16.9 Å². The molecule has 0 aromatic heterocycles. The number of rotatable bonds is 6. The van der Waals surface area contributed by atoms with E-state index in [0.29, 0.717) is 5.75 Å². The van der Waals surface area contributed by atoms with Crippen molar-refractivity contribution in [3.8, 4) is 0 Å². The summed E-state index contributed by atoms with van der Waals surface area (Å²) in [5.41, 5.74) is 0.787. The van der Waals surface area contributed by atoms with Crippen LogP contribution in [-0.4, -0.2) is 27.0 Å². The van der Waals surface area contributed by atoms with E-state index in [1.165, 1.54) is 6.08 Å². The van der Waals surface area contributed by atoms with Crippen molar-refractivity contribution in [3.63, 3.8) is 0 Å². The summed E-state index contributed by atoms with van der Waals surface area (Å²) < 4.78 is 28.9. The van der Waals surface area contributed by atoms with Crippen molar-refractivity contribution in [2.24, 2.45) is 0 Å². The van der Waals surface area contributed by atoms with E-state index in [9.17, 15) is 9.13 Å². The minimum absolute atomic E-state index is 0. The highest BCUT2D eigenvalue weighted by molar-refractivity contribution is 7.80. The predicted molar refractivity (Wildman–Crippen MR) is 66.6 cm³/mol. The molecule has 0 aliphatic rings. The van der Waals surface area contributed by atoms with Gasteiger partial charge in [0.05, 0.1) is 6.61 Å². The van der Waals surface area contributed by atoms with Gasteiger partial charge in [0, 0.05) is 5.75 Å². The molecule has 1 atom stereocenters. The van der Waals surface area contributed by atoms with Crippen LogP contribution in [0.15, 0.2) is 11.6 Å². The summed E-state index contributed by atoms with van der Waals surface area (Å²) in [7, 11) is -9.75. The molecule has 0 amide bonds. The second-order valence-corrected chi connectivity index (χ2v) is 5.69. The molecule has 0 aliphatic carbocycles. The smallest absolute Gasteiger partial charge is 0.344 e. The molecule has 0 bridgehead atoms.